The number of rotatable bonds is 9. The van der Waals surface area contributed by atoms with E-state index in [1.54, 1.807) is 4.90 Å². The van der Waals surface area contributed by atoms with Gasteiger partial charge in [-0.15, -0.1) is 0 Å². The number of nitrogens with one attached hydrogen (secondary N) is 1. The summed E-state index contributed by atoms with van der Waals surface area (Å²) in [6.45, 7) is 13.8. The summed E-state index contributed by atoms with van der Waals surface area (Å²) in [6, 6.07) is 0. The second-order valence-corrected chi connectivity index (χ2v) is 6.67. The first-order chi connectivity index (χ1) is 10.9. The van der Waals surface area contributed by atoms with Gasteiger partial charge in [0.05, 0.1) is 12.0 Å². The van der Waals surface area contributed by atoms with Gasteiger partial charge in [0.15, 0.2) is 0 Å². The van der Waals surface area contributed by atoms with Gasteiger partial charge in [-0.05, 0) is 47.1 Å². The standard InChI is InChI=1S/C17H32N4O2/c1-6-10-21-14-19-13-15(21)12-18-9-8-11-20(7-2)16(22)23-17(3,4)5/h13-14,18H,6-12H2,1-5H3. The van der Waals surface area contributed by atoms with Gasteiger partial charge in [-0.1, -0.05) is 6.92 Å². The number of carbonyl (C=O) groups excluding carboxylic acids is 1. The molecule has 132 valence electrons. The van der Waals surface area contributed by atoms with Crippen LogP contribution in [0.3, 0.4) is 0 Å². The average molecular weight is 324 g/mol. The molecule has 0 radical (unpaired) electrons. The van der Waals surface area contributed by atoms with Crippen LogP contribution in [0.25, 0.3) is 0 Å². The van der Waals surface area contributed by atoms with Crippen LogP contribution in [-0.2, 0) is 17.8 Å². The zero-order valence-electron chi connectivity index (χ0n) is 15.3. The Bertz CT molecular complexity index is 465. The number of hydrogen-bond acceptors (Lipinski definition) is 4. The van der Waals surface area contributed by atoms with E-state index < -0.39 is 5.60 Å². The third kappa shape index (κ3) is 7.50. The van der Waals surface area contributed by atoms with Crippen LogP contribution in [0.15, 0.2) is 12.5 Å². The summed E-state index contributed by atoms with van der Waals surface area (Å²) < 4.78 is 7.58. The van der Waals surface area contributed by atoms with Gasteiger partial charge in [-0.2, -0.15) is 0 Å². The van der Waals surface area contributed by atoms with Crippen molar-refractivity contribution in [2.24, 2.45) is 0 Å². The molecule has 6 heteroatoms. The molecule has 0 atom stereocenters. The summed E-state index contributed by atoms with van der Waals surface area (Å²) in [5, 5.41) is 3.41. The van der Waals surface area contributed by atoms with Crippen molar-refractivity contribution in [3.05, 3.63) is 18.2 Å². The maximum absolute atomic E-state index is 12.0. The molecule has 0 unspecified atom stereocenters. The Morgan fingerprint density at radius 3 is 2.74 bits per heavy atom. The van der Waals surface area contributed by atoms with Crippen LogP contribution in [0, 0.1) is 0 Å². The van der Waals surface area contributed by atoms with Crippen molar-refractivity contribution in [2.45, 2.75) is 66.2 Å². The highest BCUT2D eigenvalue weighted by Gasteiger charge is 2.20. The molecule has 0 aliphatic carbocycles. The van der Waals surface area contributed by atoms with Crippen LogP contribution in [0.1, 0.15) is 53.2 Å². The molecule has 0 spiro atoms. The largest absolute Gasteiger partial charge is 0.444 e. The Morgan fingerprint density at radius 1 is 1.39 bits per heavy atom. The summed E-state index contributed by atoms with van der Waals surface area (Å²) in [4.78, 5) is 18.0. The lowest BCUT2D eigenvalue weighted by Gasteiger charge is -2.26. The van der Waals surface area contributed by atoms with E-state index in [0.29, 0.717) is 13.1 Å². The maximum atomic E-state index is 12.0. The smallest absolute Gasteiger partial charge is 0.410 e. The summed E-state index contributed by atoms with van der Waals surface area (Å²) >= 11 is 0. The Labute approximate surface area is 140 Å². The van der Waals surface area contributed by atoms with Crippen LogP contribution >= 0.6 is 0 Å². The Balaban J connectivity index is 2.27. The first-order valence-corrected chi connectivity index (χ1v) is 8.55. The molecule has 0 saturated heterocycles. The third-order valence-electron chi connectivity index (χ3n) is 3.38. The molecule has 0 aliphatic rings. The normalized spacial score (nSPS) is 11.5. The molecule has 1 N–H and O–H groups in total. The second kappa shape index (κ2) is 9.55. The van der Waals surface area contributed by atoms with Crippen molar-refractivity contribution < 1.29 is 9.53 Å². The Kier molecular flexibility index (Phi) is 8.09. The maximum Gasteiger partial charge on any atom is 0.410 e. The van der Waals surface area contributed by atoms with Crippen LogP contribution in [-0.4, -0.2) is 45.8 Å². The van der Waals surface area contributed by atoms with Gasteiger partial charge >= 0.3 is 6.09 Å². The van der Waals surface area contributed by atoms with Crippen molar-refractivity contribution in [1.29, 1.82) is 0 Å². The van der Waals surface area contributed by atoms with Crippen LogP contribution in [0.2, 0.25) is 0 Å². The fourth-order valence-corrected chi connectivity index (χ4v) is 2.25. The molecule has 1 aromatic rings. The lowest BCUT2D eigenvalue weighted by molar-refractivity contribution is 0.0258. The topological polar surface area (TPSA) is 59.4 Å². The van der Waals surface area contributed by atoms with Gasteiger partial charge in [0.25, 0.3) is 0 Å². The highest BCUT2D eigenvalue weighted by atomic mass is 16.6. The molecule has 6 nitrogen and oxygen atoms in total. The van der Waals surface area contributed by atoms with Gasteiger partial charge < -0.3 is 19.5 Å². The molecule has 1 amide bonds. The lowest BCUT2D eigenvalue weighted by atomic mass is 10.2. The third-order valence-corrected chi connectivity index (χ3v) is 3.38. The molecule has 1 aromatic heterocycles. The van der Waals surface area contributed by atoms with Crippen molar-refractivity contribution in [2.75, 3.05) is 19.6 Å². The molecule has 1 heterocycles. The molecule has 0 fully saturated rings. The van der Waals surface area contributed by atoms with Crippen molar-refractivity contribution in [1.82, 2.24) is 19.8 Å². The fourth-order valence-electron chi connectivity index (χ4n) is 2.25. The molecular weight excluding hydrogens is 292 g/mol. The number of imidazole rings is 1. The predicted octanol–water partition coefficient (Wildman–Crippen LogP) is 3.03. The Morgan fingerprint density at radius 2 is 2.13 bits per heavy atom. The minimum atomic E-state index is -0.444. The average Bonchev–Trinajstić information content (AvgIpc) is 2.88. The van der Waals surface area contributed by atoms with E-state index in [2.05, 4.69) is 21.8 Å². The van der Waals surface area contributed by atoms with Crippen molar-refractivity contribution in [3.8, 4) is 0 Å². The minimum absolute atomic E-state index is 0.235. The molecule has 23 heavy (non-hydrogen) atoms. The van der Waals surface area contributed by atoms with E-state index in [1.807, 2.05) is 40.2 Å². The van der Waals surface area contributed by atoms with Gasteiger partial charge in [-0.3, -0.25) is 0 Å². The fraction of sp³-hybridized carbons (Fsp3) is 0.765. The minimum Gasteiger partial charge on any atom is -0.444 e. The second-order valence-electron chi connectivity index (χ2n) is 6.67. The number of carbonyl (C=O) groups is 1. The Hall–Kier alpha value is -1.56. The van der Waals surface area contributed by atoms with Crippen LogP contribution < -0.4 is 5.32 Å². The van der Waals surface area contributed by atoms with E-state index in [-0.39, 0.29) is 6.09 Å². The molecule has 1 rings (SSSR count). The molecule has 0 aromatic carbocycles. The number of aryl methyl sites for hydroxylation is 1. The van der Waals surface area contributed by atoms with Crippen molar-refractivity contribution in [3.63, 3.8) is 0 Å². The first-order valence-electron chi connectivity index (χ1n) is 8.55. The van der Waals surface area contributed by atoms with E-state index in [0.717, 1.165) is 32.5 Å². The monoisotopic (exact) mass is 324 g/mol. The van der Waals surface area contributed by atoms with Gasteiger partial charge in [-0.25, -0.2) is 9.78 Å². The zero-order chi connectivity index (χ0) is 17.3. The van der Waals surface area contributed by atoms with E-state index in [1.165, 1.54) is 5.69 Å². The molecule has 0 aliphatic heterocycles. The molecule has 0 bridgehead atoms. The van der Waals surface area contributed by atoms with Crippen LogP contribution in [0.4, 0.5) is 4.79 Å². The number of aromatic nitrogens is 2. The summed E-state index contributed by atoms with van der Waals surface area (Å²) in [6.07, 6.45) is 5.55. The van der Waals surface area contributed by atoms with Gasteiger partial charge in [0.1, 0.15) is 5.60 Å². The number of nitrogens with zero attached hydrogens (tertiary/aromatic N) is 3. The quantitative estimate of drug-likeness (QED) is 0.709. The SMILES string of the molecule is CCCn1cncc1CNCCCN(CC)C(=O)OC(C)(C)C. The number of hydrogen-bond donors (Lipinski definition) is 1. The summed E-state index contributed by atoms with van der Waals surface area (Å²) in [7, 11) is 0. The van der Waals surface area contributed by atoms with E-state index in [9.17, 15) is 4.79 Å². The lowest BCUT2D eigenvalue weighted by Crippen LogP contribution is -2.38. The van der Waals surface area contributed by atoms with Gasteiger partial charge in [0.2, 0.25) is 0 Å². The van der Waals surface area contributed by atoms with Crippen molar-refractivity contribution >= 4 is 6.09 Å². The highest BCUT2D eigenvalue weighted by Crippen LogP contribution is 2.10. The van der Waals surface area contributed by atoms with E-state index in [4.69, 9.17) is 4.74 Å². The number of amides is 1. The van der Waals surface area contributed by atoms with Gasteiger partial charge in [0, 0.05) is 32.4 Å². The molecule has 0 saturated carbocycles. The summed E-state index contributed by atoms with van der Waals surface area (Å²) in [5.74, 6) is 0. The van der Waals surface area contributed by atoms with E-state index >= 15 is 0 Å². The van der Waals surface area contributed by atoms with Crippen LogP contribution in [0.5, 0.6) is 0 Å². The first kappa shape index (κ1) is 19.5. The predicted molar refractivity (Wildman–Crippen MR) is 92.3 cm³/mol. The highest BCUT2D eigenvalue weighted by molar-refractivity contribution is 5.68. The zero-order valence-corrected chi connectivity index (χ0v) is 15.3. The summed E-state index contributed by atoms with van der Waals surface area (Å²) in [5.41, 5.74) is 0.756. The number of ether oxygens (including phenoxy) is 1. The molecular formula is C17H32N4O2.